The Morgan fingerprint density at radius 3 is 2.60 bits per heavy atom. The minimum Gasteiger partial charge on any atom is -0.481 e. The average molecular weight is 284 g/mol. The third-order valence-corrected chi connectivity index (χ3v) is 2.60. The molecular formula is C13H17FN2O4. The zero-order valence-electron chi connectivity index (χ0n) is 11.2. The second-order valence-electron chi connectivity index (χ2n) is 4.83. The van der Waals surface area contributed by atoms with Crippen LogP contribution in [0.25, 0.3) is 0 Å². The van der Waals surface area contributed by atoms with Crippen LogP contribution in [0.5, 0.6) is 0 Å². The van der Waals surface area contributed by atoms with Crippen LogP contribution in [-0.4, -0.2) is 34.4 Å². The van der Waals surface area contributed by atoms with Gasteiger partial charge in [-0.25, -0.2) is 9.18 Å². The van der Waals surface area contributed by atoms with E-state index < -0.39 is 29.8 Å². The molecule has 1 aromatic carbocycles. The summed E-state index contributed by atoms with van der Waals surface area (Å²) in [4.78, 5) is 22.1. The molecule has 1 unspecified atom stereocenters. The fourth-order valence-corrected chi connectivity index (χ4v) is 1.59. The van der Waals surface area contributed by atoms with Gasteiger partial charge in [-0.3, -0.25) is 4.79 Å². The highest BCUT2D eigenvalue weighted by molar-refractivity contribution is 5.90. The van der Waals surface area contributed by atoms with Crippen molar-refractivity contribution < 1.29 is 24.2 Å². The molecule has 0 aromatic heterocycles. The Hall–Kier alpha value is -2.15. The summed E-state index contributed by atoms with van der Waals surface area (Å²) in [5.41, 5.74) is -0.555. The number of aliphatic hydroxyl groups is 1. The number of rotatable bonds is 5. The van der Waals surface area contributed by atoms with Crippen molar-refractivity contribution in [3.05, 3.63) is 29.6 Å². The number of nitrogens with one attached hydrogen (secondary N) is 2. The van der Waals surface area contributed by atoms with Crippen LogP contribution < -0.4 is 10.6 Å². The van der Waals surface area contributed by atoms with Gasteiger partial charge in [-0.05, 0) is 37.6 Å². The van der Waals surface area contributed by atoms with Gasteiger partial charge in [-0.1, -0.05) is 0 Å². The number of hydrogen-bond donors (Lipinski definition) is 4. The molecule has 0 radical (unpaired) electrons. The summed E-state index contributed by atoms with van der Waals surface area (Å²) in [7, 11) is 0. The third kappa shape index (κ3) is 5.23. The van der Waals surface area contributed by atoms with Gasteiger partial charge in [0.2, 0.25) is 0 Å². The molecule has 1 aromatic rings. The van der Waals surface area contributed by atoms with E-state index in [2.05, 4.69) is 10.6 Å². The number of amides is 2. The van der Waals surface area contributed by atoms with Gasteiger partial charge < -0.3 is 20.8 Å². The number of benzene rings is 1. The van der Waals surface area contributed by atoms with Crippen molar-refractivity contribution in [3.8, 4) is 0 Å². The van der Waals surface area contributed by atoms with Crippen LogP contribution in [-0.2, 0) is 4.79 Å². The summed E-state index contributed by atoms with van der Waals surface area (Å²) >= 11 is 0. The van der Waals surface area contributed by atoms with Crippen molar-refractivity contribution in [2.75, 3.05) is 11.9 Å². The van der Waals surface area contributed by atoms with Crippen molar-refractivity contribution in [2.45, 2.75) is 25.9 Å². The standard InChI is InChI=1S/C13H17FN2O4/c1-8-5-9(14)3-4-10(8)16-12(19)15-7-13(2,20)6-11(17)18/h3-5,20H,6-7H2,1-2H3,(H,17,18)(H2,15,16,19). The van der Waals surface area contributed by atoms with Gasteiger partial charge in [0.15, 0.2) is 0 Å². The second-order valence-corrected chi connectivity index (χ2v) is 4.83. The van der Waals surface area contributed by atoms with Gasteiger partial charge in [-0.15, -0.1) is 0 Å². The van der Waals surface area contributed by atoms with Crippen molar-refractivity contribution in [2.24, 2.45) is 0 Å². The number of anilines is 1. The normalized spacial score (nSPS) is 13.4. The minimum absolute atomic E-state index is 0.217. The molecule has 0 heterocycles. The topological polar surface area (TPSA) is 98.7 Å². The van der Waals surface area contributed by atoms with Gasteiger partial charge in [0.05, 0.1) is 12.0 Å². The number of carbonyl (C=O) groups excluding carboxylic acids is 1. The summed E-state index contributed by atoms with van der Waals surface area (Å²) in [5, 5.41) is 23.2. The largest absolute Gasteiger partial charge is 0.481 e. The molecule has 0 aliphatic rings. The van der Waals surface area contributed by atoms with E-state index in [1.165, 1.54) is 25.1 Å². The first kappa shape index (κ1) is 15.9. The lowest BCUT2D eigenvalue weighted by Gasteiger charge is -2.21. The lowest BCUT2D eigenvalue weighted by Crippen LogP contribution is -2.43. The molecule has 0 spiro atoms. The van der Waals surface area contributed by atoms with Crippen molar-refractivity contribution in [3.63, 3.8) is 0 Å². The quantitative estimate of drug-likeness (QED) is 0.658. The van der Waals surface area contributed by atoms with Crippen LogP contribution in [0.4, 0.5) is 14.9 Å². The van der Waals surface area contributed by atoms with Crippen LogP contribution in [0.1, 0.15) is 18.9 Å². The lowest BCUT2D eigenvalue weighted by atomic mass is 10.0. The number of halogens is 1. The van der Waals surface area contributed by atoms with Gasteiger partial charge in [0, 0.05) is 12.2 Å². The number of carboxylic acids is 1. The lowest BCUT2D eigenvalue weighted by molar-refractivity contribution is -0.141. The molecule has 2 amide bonds. The number of carbonyl (C=O) groups is 2. The highest BCUT2D eigenvalue weighted by atomic mass is 19.1. The molecule has 0 fully saturated rings. The molecule has 7 heteroatoms. The maximum Gasteiger partial charge on any atom is 0.319 e. The summed E-state index contributed by atoms with van der Waals surface area (Å²) in [6, 6.07) is 3.30. The van der Waals surface area contributed by atoms with E-state index in [0.717, 1.165) is 0 Å². The van der Waals surface area contributed by atoms with Crippen LogP contribution in [0, 0.1) is 12.7 Å². The Morgan fingerprint density at radius 2 is 2.05 bits per heavy atom. The SMILES string of the molecule is Cc1cc(F)ccc1NC(=O)NCC(C)(O)CC(=O)O. The number of aliphatic carboxylic acids is 1. The van der Waals surface area contributed by atoms with E-state index in [1.54, 1.807) is 6.92 Å². The fraction of sp³-hybridized carbons (Fsp3) is 0.385. The first-order chi connectivity index (χ1) is 9.19. The predicted molar refractivity (Wildman–Crippen MR) is 71.0 cm³/mol. The molecule has 1 rings (SSSR count). The van der Waals surface area contributed by atoms with Gasteiger partial charge in [0.25, 0.3) is 0 Å². The molecular weight excluding hydrogens is 267 g/mol. The molecule has 4 N–H and O–H groups in total. The van der Waals surface area contributed by atoms with E-state index in [0.29, 0.717) is 11.3 Å². The third-order valence-electron chi connectivity index (χ3n) is 2.60. The molecule has 110 valence electrons. The van der Waals surface area contributed by atoms with Crippen molar-refractivity contribution in [1.29, 1.82) is 0 Å². The van der Waals surface area contributed by atoms with Crippen molar-refractivity contribution in [1.82, 2.24) is 5.32 Å². The number of carboxylic acid groups (broad SMARTS) is 1. The fourth-order valence-electron chi connectivity index (χ4n) is 1.59. The summed E-state index contributed by atoms with van der Waals surface area (Å²) in [6.07, 6.45) is -0.483. The summed E-state index contributed by atoms with van der Waals surface area (Å²) < 4.78 is 12.9. The van der Waals surface area contributed by atoms with Gasteiger partial charge >= 0.3 is 12.0 Å². The maximum absolute atomic E-state index is 12.9. The van der Waals surface area contributed by atoms with E-state index in [1.807, 2.05) is 0 Å². The Kier molecular flexibility index (Phi) is 5.04. The minimum atomic E-state index is -1.54. The van der Waals surface area contributed by atoms with Gasteiger partial charge in [-0.2, -0.15) is 0 Å². The zero-order chi connectivity index (χ0) is 15.3. The molecule has 6 nitrogen and oxygen atoms in total. The van der Waals surface area contributed by atoms with E-state index in [4.69, 9.17) is 5.11 Å². The maximum atomic E-state index is 12.9. The highest BCUT2D eigenvalue weighted by Crippen LogP contribution is 2.15. The van der Waals surface area contributed by atoms with Crippen LogP contribution in [0.2, 0.25) is 0 Å². The second kappa shape index (κ2) is 6.33. The summed E-state index contributed by atoms with van der Waals surface area (Å²) in [5.74, 6) is -1.57. The average Bonchev–Trinajstić information content (AvgIpc) is 2.29. The van der Waals surface area contributed by atoms with Crippen LogP contribution in [0.15, 0.2) is 18.2 Å². The molecule has 0 saturated carbocycles. The van der Waals surface area contributed by atoms with Crippen molar-refractivity contribution >= 4 is 17.7 Å². The van der Waals surface area contributed by atoms with Crippen LogP contribution >= 0.6 is 0 Å². The number of aryl methyl sites for hydroxylation is 1. The molecule has 20 heavy (non-hydrogen) atoms. The molecule has 0 aliphatic heterocycles. The Morgan fingerprint density at radius 1 is 1.40 bits per heavy atom. The zero-order valence-corrected chi connectivity index (χ0v) is 11.2. The first-order valence-electron chi connectivity index (χ1n) is 5.95. The smallest absolute Gasteiger partial charge is 0.319 e. The van der Waals surface area contributed by atoms with E-state index in [9.17, 15) is 19.1 Å². The predicted octanol–water partition coefficient (Wildman–Crippen LogP) is 1.48. The number of urea groups is 1. The molecule has 0 saturated heterocycles. The highest BCUT2D eigenvalue weighted by Gasteiger charge is 2.24. The first-order valence-corrected chi connectivity index (χ1v) is 5.95. The number of hydrogen-bond acceptors (Lipinski definition) is 3. The molecule has 0 bridgehead atoms. The van der Waals surface area contributed by atoms with Gasteiger partial charge in [0.1, 0.15) is 5.82 Å². The van der Waals surface area contributed by atoms with E-state index in [-0.39, 0.29) is 6.54 Å². The van der Waals surface area contributed by atoms with E-state index >= 15 is 0 Å². The Bertz CT molecular complexity index is 517. The molecule has 0 aliphatic carbocycles. The van der Waals surface area contributed by atoms with Crippen LogP contribution in [0.3, 0.4) is 0 Å². The monoisotopic (exact) mass is 284 g/mol. The molecule has 1 atom stereocenters. The summed E-state index contributed by atoms with van der Waals surface area (Å²) in [6.45, 7) is 2.73. The Balaban J connectivity index is 2.54. The Labute approximate surface area is 115 Å².